The van der Waals surface area contributed by atoms with Gasteiger partial charge >= 0.3 is 5.97 Å². The molecule has 0 aliphatic carbocycles. The minimum absolute atomic E-state index is 0.00818. The van der Waals surface area contributed by atoms with Crippen LogP contribution in [0, 0.1) is 0 Å². The van der Waals surface area contributed by atoms with E-state index >= 15 is 0 Å². The normalized spacial score (nSPS) is 30.8. The van der Waals surface area contributed by atoms with Crippen molar-refractivity contribution in [2.45, 2.75) is 62.8 Å². The van der Waals surface area contributed by atoms with Gasteiger partial charge in [-0.25, -0.2) is 0 Å². The van der Waals surface area contributed by atoms with E-state index in [1.54, 1.807) is 6.92 Å². The number of esters is 1. The Kier molecular flexibility index (Phi) is 4.50. The monoisotopic (exact) mass is 303 g/mol. The van der Waals surface area contributed by atoms with Crippen LogP contribution < -0.4 is 0 Å². The van der Waals surface area contributed by atoms with Crippen molar-refractivity contribution in [3.63, 3.8) is 0 Å². The van der Waals surface area contributed by atoms with Gasteiger partial charge in [-0.15, -0.1) is 0 Å². The van der Waals surface area contributed by atoms with E-state index < -0.39 is 12.0 Å². The van der Waals surface area contributed by atoms with Gasteiger partial charge in [0.05, 0.1) is 6.10 Å². The van der Waals surface area contributed by atoms with Crippen LogP contribution in [0.4, 0.5) is 0 Å². The van der Waals surface area contributed by atoms with Gasteiger partial charge in [-0.1, -0.05) is 30.3 Å². The summed E-state index contributed by atoms with van der Waals surface area (Å²) >= 11 is 0. The second-order valence-electron chi connectivity index (χ2n) is 6.71. The second-order valence-corrected chi connectivity index (χ2v) is 6.71. The number of nitrogens with zero attached hydrogens (tertiary/aromatic N) is 1. The van der Waals surface area contributed by atoms with E-state index in [2.05, 4.69) is 11.9 Å². The predicted molar refractivity (Wildman–Crippen MR) is 84.6 cm³/mol. The van der Waals surface area contributed by atoms with Crippen LogP contribution >= 0.6 is 0 Å². The number of aliphatic hydroxyl groups excluding tert-OH is 1. The van der Waals surface area contributed by atoms with Gasteiger partial charge in [0.15, 0.2) is 0 Å². The van der Waals surface area contributed by atoms with Gasteiger partial charge in [0.1, 0.15) is 12.0 Å². The second kappa shape index (κ2) is 6.39. The Balaban J connectivity index is 1.68. The number of hydrogen-bond acceptors (Lipinski definition) is 4. The summed E-state index contributed by atoms with van der Waals surface area (Å²) in [6, 6.07) is 10.5. The standard InChI is InChI=1S/C18H25NO3/c1-12(20)17(13-6-4-3-5-7-13)18(21)22-16-10-14-8-9-15(11-16)19(14)2/h3-7,12,14-17,20H,8-11H2,1-2H3/t12?,14-,15?,16?,17?/m1/s1. The Hall–Kier alpha value is -1.39. The molecule has 1 N–H and O–H groups in total. The zero-order chi connectivity index (χ0) is 15.7. The summed E-state index contributed by atoms with van der Waals surface area (Å²) in [5.41, 5.74) is 0.818. The third-order valence-corrected chi connectivity index (χ3v) is 5.23. The van der Waals surface area contributed by atoms with Crippen LogP contribution in [0.3, 0.4) is 0 Å². The van der Waals surface area contributed by atoms with Crippen molar-refractivity contribution >= 4 is 5.97 Å². The molecule has 2 aliphatic heterocycles. The Bertz CT molecular complexity index is 502. The fourth-order valence-corrected chi connectivity index (χ4v) is 3.97. The highest BCUT2D eigenvalue weighted by atomic mass is 16.5. The van der Waals surface area contributed by atoms with Gasteiger partial charge in [0.2, 0.25) is 0 Å². The van der Waals surface area contributed by atoms with Crippen molar-refractivity contribution in [3.05, 3.63) is 35.9 Å². The lowest BCUT2D eigenvalue weighted by Crippen LogP contribution is -2.44. The summed E-state index contributed by atoms with van der Waals surface area (Å²) in [5, 5.41) is 10.0. The minimum atomic E-state index is -0.752. The number of rotatable bonds is 4. The molecule has 2 saturated heterocycles. The van der Waals surface area contributed by atoms with E-state index in [-0.39, 0.29) is 12.1 Å². The molecule has 2 fully saturated rings. The van der Waals surface area contributed by atoms with Crippen LogP contribution in [0.15, 0.2) is 30.3 Å². The Morgan fingerprint density at radius 3 is 2.36 bits per heavy atom. The number of fused-ring (bicyclic) bond motifs is 2. The number of carbonyl (C=O) groups excluding carboxylic acids is 1. The molecule has 4 heteroatoms. The zero-order valence-corrected chi connectivity index (χ0v) is 13.3. The Morgan fingerprint density at radius 2 is 1.82 bits per heavy atom. The van der Waals surface area contributed by atoms with E-state index in [0.29, 0.717) is 12.1 Å². The molecule has 2 bridgehead atoms. The molecule has 0 amide bonds. The molecule has 0 saturated carbocycles. The largest absolute Gasteiger partial charge is 0.462 e. The van der Waals surface area contributed by atoms with Gasteiger partial charge in [0, 0.05) is 12.1 Å². The molecule has 4 nitrogen and oxygen atoms in total. The summed E-state index contributed by atoms with van der Waals surface area (Å²) in [6.45, 7) is 1.65. The highest BCUT2D eigenvalue weighted by molar-refractivity contribution is 5.79. The highest BCUT2D eigenvalue weighted by Gasteiger charge is 2.40. The van der Waals surface area contributed by atoms with E-state index in [9.17, 15) is 9.90 Å². The van der Waals surface area contributed by atoms with Crippen molar-refractivity contribution < 1.29 is 14.6 Å². The van der Waals surface area contributed by atoms with Gasteiger partial charge in [-0.05, 0) is 45.2 Å². The number of carbonyl (C=O) groups is 1. The highest BCUT2D eigenvalue weighted by Crippen LogP contribution is 2.36. The van der Waals surface area contributed by atoms with Gasteiger partial charge < -0.3 is 14.7 Å². The average molecular weight is 303 g/mol. The molecular formula is C18H25NO3. The summed E-state index contributed by atoms with van der Waals surface area (Å²) in [6.07, 6.45) is 3.48. The molecule has 0 radical (unpaired) electrons. The maximum atomic E-state index is 12.6. The summed E-state index contributed by atoms with van der Waals surface area (Å²) < 4.78 is 5.77. The molecule has 0 spiro atoms. The van der Waals surface area contributed by atoms with Crippen LogP contribution in [-0.4, -0.2) is 47.3 Å². The quantitative estimate of drug-likeness (QED) is 0.867. The van der Waals surface area contributed by atoms with Crippen molar-refractivity contribution in [2.75, 3.05) is 7.05 Å². The molecule has 3 rings (SSSR count). The average Bonchev–Trinajstić information content (AvgIpc) is 2.71. The molecular weight excluding hydrogens is 278 g/mol. The third-order valence-electron chi connectivity index (χ3n) is 5.23. The summed E-state index contributed by atoms with van der Waals surface area (Å²) in [4.78, 5) is 15.0. The maximum absolute atomic E-state index is 12.6. The predicted octanol–water partition coefficient (Wildman–Crippen LogP) is 2.32. The first kappa shape index (κ1) is 15.5. The first-order valence-electron chi connectivity index (χ1n) is 8.21. The Morgan fingerprint density at radius 1 is 1.23 bits per heavy atom. The molecule has 120 valence electrons. The molecule has 2 aliphatic rings. The Labute approximate surface area is 132 Å². The molecule has 22 heavy (non-hydrogen) atoms. The van der Waals surface area contributed by atoms with Crippen LogP contribution in [0.1, 0.15) is 44.1 Å². The number of hydrogen-bond donors (Lipinski definition) is 1. The lowest BCUT2D eigenvalue weighted by molar-refractivity contribution is -0.156. The van der Waals surface area contributed by atoms with Crippen LogP contribution in [0.5, 0.6) is 0 Å². The number of benzene rings is 1. The fraction of sp³-hybridized carbons (Fsp3) is 0.611. The first-order valence-corrected chi connectivity index (χ1v) is 8.21. The van der Waals surface area contributed by atoms with Crippen LogP contribution in [0.25, 0.3) is 0 Å². The first-order chi connectivity index (χ1) is 10.6. The topological polar surface area (TPSA) is 49.8 Å². The molecule has 4 unspecified atom stereocenters. The number of aliphatic hydroxyl groups is 1. The van der Waals surface area contributed by atoms with Gasteiger partial charge in [-0.3, -0.25) is 4.79 Å². The lowest BCUT2D eigenvalue weighted by atomic mass is 9.94. The lowest BCUT2D eigenvalue weighted by Gasteiger charge is -2.36. The summed E-state index contributed by atoms with van der Waals surface area (Å²) in [7, 11) is 2.17. The fourth-order valence-electron chi connectivity index (χ4n) is 3.97. The maximum Gasteiger partial charge on any atom is 0.316 e. The zero-order valence-electron chi connectivity index (χ0n) is 13.3. The molecule has 2 heterocycles. The SMILES string of the molecule is CC(O)C(C(=O)OC1CC2CC[C@H](C1)N2C)c1ccccc1. The van der Waals surface area contributed by atoms with E-state index in [4.69, 9.17) is 4.74 Å². The van der Waals surface area contributed by atoms with Crippen LogP contribution in [0.2, 0.25) is 0 Å². The number of ether oxygens (including phenoxy) is 1. The van der Waals surface area contributed by atoms with Crippen molar-refractivity contribution in [1.29, 1.82) is 0 Å². The third kappa shape index (κ3) is 3.03. The van der Waals surface area contributed by atoms with Gasteiger partial charge in [0.25, 0.3) is 0 Å². The minimum Gasteiger partial charge on any atom is -0.462 e. The van der Waals surface area contributed by atoms with Crippen molar-refractivity contribution in [2.24, 2.45) is 0 Å². The van der Waals surface area contributed by atoms with E-state index in [1.807, 2.05) is 30.3 Å². The van der Waals surface area contributed by atoms with Crippen molar-refractivity contribution in [1.82, 2.24) is 4.90 Å². The van der Waals surface area contributed by atoms with Crippen molar-refractivity contribution in [3.8, 4) is 0 Å². The number of piperidine rings is 1. The molecule has 5 atom stereocenters. The van der Waals surface area contributed by atoms with Gasteiger partial charge in [-0.2, -0.15) is 0 Å². The summed E-state index contributed by atoms with van der Waals surface area (Å²) in [5.74, 6) is -0.895. The molecule has 0 aromatic heterocycles. The van der Waals surface area contributed by atoms with E-state index in [1.165, 1.54) is 12.8 Å². The molecule has 1 aromatic rings. The molecule has 1 aromatic carbocycles. The van der Waals surface area contributed by atoms with E-state index in [0.717, 1.165) is 18.4 Å². The smallest absolute Gasteiger partial charge is 0.316 e. The van der Waals surface area contributed by atoms with Crippen LogP contribution in [-0.2, 0) is 9.53 Å².